The Bertz CT molecular complexity index is 680. The Hall–Kier alpha value is -1.80. The molecule has 0 amide bonds. The third-order valence-electron chi connectivity index (χ3n) is 3.39. The van der Waals surface area contributed by atoms with Gasteiger partial charge in [-0.25, -0.2) is 9.89 Å². The summed E-state index contributed by atoms with van der Waals surface area (Å²) in [5.41, 5.74) is 0.460. The van der Waals surface area contributed by atoms with Crippen molar-refractivity contribution in [2.24, 2.45) is 0 Å². The highest BCUT2D eigenvalue weighted by atomic mass is 32.2. The second-order valence-electron chi connectivity index (χ2n) is 4.60. The zero-order chi connectivity index (χ0) is 14.3. The van der Waals surface area contributed by atoms with Gasteiger partial charge in [0.05, 0.1) is 24.8 Å². The number of fused-ring (bicyclic) bond motifs is 1. The summed E-state index contributed by atoms with van der Waals surface area (Å²) in [5.74, 6) is 0.805. The summed E-state index contributed by atoms with van der Waals surface area (Å²) in [5, 5.41) is 16.1. The first-order chi connectivity index (χ1) is 9.61. The van der Waals surface area contributed by atoms with Crippen LogP contribution in [0.15, 0.2) is 17.2 Å². The second-order valence-corrected chi connectivity index (χ2v) is 5.67. The van der Waals surface area contributed by atoms with Crippen LogP contribution in [-0.4, -0.2) is 50.6 Å². The molecular weight excluding hydrogens is 282 g/mol. The third-order valence-corrected chi connectivity index (χ3v) is 4.54. The van der Waals surface area contributed by atoms with E-state index in [1.54, 1.807) is 28.7 Å². The molecule has 2 atom stereocenters. The van der Waals surface area contributed by atoms with E-state index in [-0.39, 0.29) is 17.2 Å². The van der Waals surface area contributed by atoms with Crippen LogP contribution < -0.4 is 5.56 Å². The summed E-state index contributed by atoms with van der Waals surface area (Å²) in [4.78, 5) is 23.6. The number of carbonyl (C=O) groups excluding carboxylic acids is 1. The fourth-order valence-corrected chi connectivity index (χ4v) is 3.56. The number of H-pyrrole nitrogens is 1. The fourth-order valence-electron chi connectivity index (χ4n) is 2.32. The van der Waals surface area contributed by atoms with Crippen molar-refractivity contribution < 1.29 is 14.6 Å². The van der Waals surface area contributed by atoms with Crippen molar-refractivity contribution in [3.05, 3.63) is 28.3 Å². The van der Waals surface area contributed by atoms with Gasteiger partial charge in [-0.2, -0.15) is 16.9 Å². The van der Waals surface area contributed by atoms with Gasteiger partial charge in [0.1, 0.15) is 11.3 Å². The number of methoxy groups -OCH3 is 1. The van der Waals surface area contributed by atoms with Crippen LogP contribution in [0, 0.1) is 0 Å². The smallest absolute Gasteiger partial charge is 0.341 e. The van der Waals surface area contributed by atoms with Crippen LogP contribution in [0.2, 0.25) is 0 Å². The Morgan fingerprint density at radius 1 is 1.55 bits per heavy atom. The van der Waals surface area contributed by atoms with Crippen LogP contribution in [0.4, 0.5) is 0 Å². The SMILES string of the molecule is COC(=O)c1cn(C2CSCC2O)cc2c(=O)[nH]nc1-2. The minimum atomic E-state index is -0.559. The van der Waals surface area contributed by atoms with Gasteiger partial charge in [0.15, 0.2) is 0 Å². The molecular formula is C12H13N3O4S. The molecule has 3 heterocycles. The van der Waals surface area contributed by atoms with Crippen molar-refractivity contribution in [3.63, 3.8) is 0 Å². The second kappa shape index (κ2) is 4.95. The maximum atomic E-state index is 11.8. The number of pyridine rings is 1. The normalized spacial score (nSPS) is 22.3. The lowest BCUT2D eigenvalue weighted by Gasteiger charge is -2.20. The molecule has 2 N–H and O–H groups in total. The van der Waals surface area contributed by atoms with E-state index in [0.717, 1.165) is 5.75 Å². The molecule has 3 aliphatic rings. The molecule has 1 fully saturated rings. The van der Waals surface area contributed by atoms with Gasteiger partial charge in [0.2, 0.25) is 0 Å². The predicted octanol–water partition coefficient (Wildman–Crippen LogP) is 0.112. The van der Waals surface area contributed by atoms with E-state index in [4.69, 9.17) is 4.74 Å². The molecule has 0 bridgehead atoms. The number of nitrogens with zero attached hydrogens (tertiary/aromatic N) is 2. The largest absolute Gasteiger partial charge is 0.465 e. The molecule has 7 nitrogen and oxygen atoms in total. The third kappa shape index (κ3) is 2.01. The molecule has 0 saturated carbocycles. The summed E-state index contributed by atoms with van der Waals surface area (Å²) in [6, 6.07) is -0.165. The Morgan fingerprint density at radius 3 is 3.00 bits per heavy atom. The van der Waals surface area contributed by atoms with Crippen LogP contribution in [0.1, 0.15) is 16.4 Å². The van der Waals surface area contributed by atoms with Crippen molar-refractivity contribution in [3.8, 4) is 11.3 Å². The summed E-state index contributed by atoms with van der Waals surface area (Å²) in [6.45, 7) is 0. The number of carbonyl (C=O) groups is 1. The number of thioether (sulfide) groups is 1. The Labute approximate surface area is 118 Å². The van der Waals surface area contributed by atoms with E-state index in [1.165, 1.54) is 7.11 Å². The zero-order valence-electron chi connectivity index (χ0n) is 10.7. The summed E-state index contributed by atoms with van der Waals surface area (Å²) < 4.78 is 6.43. The van der Waals surface area contributed by atoms with E-state index < -0.39 is 12.1 Å². The van der Waals surface area contributed by atoms with Crippen molar-refractivity contribution >= 4 is 17.7 Å². The number of hydrogen-bond donors (Lipinski definition) is 2. The first-order valence-electron chi connectivity index (χ1n) is 6.06. The van der Waals surface area contributed by atoms with Crippen LogP contribution >= 0.6 is 11.8 Å². The quantitative estimate of drug-likeness (QED) is 0.763. The van der Waals surface area contributed by atoms with E-state index >= 15 is 0 Å². The molecule has 0 spiro atoms. The Balaban J connectivity index is 2.18. The summed E-state index contributed by atoms with van der Waals surface area (Å²) in [6.07, 6.45) is 2.69. The average Bonchev–Trinajstić information content (AvgIpc) is 3.04. The molecule has 3 rings (SSSR count). The summed E-state index contributed by atoms with van der Waals surface area (Å²) >= 11 is 1.63. The molecule has 8 heteroatoms. The molecule has 0 aromatic heterocycles. The minimum Gasteiger partial charge on any atom is -0.465 e. The van der Waals surface area contributed by atoms with Crippen LogP contribution in [0.25, 0.3) is 11.3 Å². The topological polar surface area (TPSA) is 97.2 Å². The zero-order valence-corrected chi connectivity index (χ0v) is 11.5. The number of aromatic amines is 1. The molecule has 0 aromatic rings. The lowest BCUT2D eigenvalue weighted by Crippen LogP contribution is -2.24. The molecule has 0 radical (unpaired) electrons. The van der Waals surface area contributed by atoms with Crippen molar-refractivity contribution in [2.75, 3.05) is 18.6 Å². The maximum absolute atomic E-state index is 11.8. The van der Waals surface area contributed by atoms with Gasteiger partial charge in [-0.15, -0.1) is 0 Å². The van der Waals surface area contributed by atoms with E-state index in [2.05, 4.69) is 10.2 Å². The molecule has 0 aromatic carbocycles. The lowest BCUT2D eigenvalue weighted by atomic mass is 10.1. The van der Waals surface area contributed by atoms with Gasteiger partial charge in [-0.05, 0) is 0 Å². The number of aliphatic hydroxyl groups excluding tert-OH is 1. The van der Waals surface area contributed by atoms with Gasteiger partial charge in [0, 0.05) is 23.9 Å². The van der Waals surface area contributed by atoms with Crippen molar-refractivity contribution in [2.45, 2.75) is 12.1 Å². The highest BCUT2D eigenvalue weighted by molar-refractivity contribution is 7.99. The van der Waals surface area contributed by atoms with E-state index in [0.29, 0.717) is 17.0 Å². The average molecular weight is 295 g/mol. The van der Waals surface area contributed by atoms with Crippen LogP contribution in [0.3, 0.4) is 0 Å². The number of ether oxygens (including phenoxy) is 1. The number of rotatable bonds is 2. The van der Waals surface area contributed by atoms with Gasteiger partial charge in [0.25, 0.3) is 5.56 Å². The number of nitrogens with one attached hydrogen (secondary N) is 1. The Kier molecular flexibility index (Phi) is 3.27. The minimum absolute atomic E-state index is 0.165. The fraction of sp³-hybridized carbons (Fsp3) is 0.417. The van der Waals surface area contributed by atoms with Gasteiger partial charge in [-0.3, -0.25) is 4.79 Å². The summed E-state index contributed by atoms with van der Waals surface area (Å²) in [7, 11) is 1.27. The first-order valence-corrected chi connectivity index (χ1v) is 7.21. The number of hydrogen-bond acceptors (Lipinski definition) is 6. The van der Waals surface area contributed by atoms with Gasteiger partial charge in [-0.1, -0.05) is 0 Å². The highest BCUT2D eigenvalue weighted by Crippen LogP contribution is 2.31. The van der Waals surface area contributed by atoms with Crippen molar-refractivity contribution in [1.29, 1.82) is 0 Å². The standard InChI is InChI=1S/C12H13N3O4S/c1-19-12(18)7-3-15(8-4-20-5-9(8)16)2-6-10(7)13-14-11(6)17/h2-3,8-9,16H,4-5H2,1H3,(H,14,17). The number of esters is 1. The molecule has 2 unspecified atom stereocenters. The van der Waals surface area contributed by atoms with E-state index in [9.17, 15) is 14.7 Å². The van der Waals surface area contributed by atoms with E-state index in [1.807, 2.05) is 0 Å². The first kappa shape index (κ1) is 13.2. The lowest BCUT2D eigenvalue weighted by molar-refractivity contribution is 0.0599. The molecule has 106 valence electrons. The van der Waals surface area contributed by atoms with Crippen molar-refractivity contribution in [1.82, 2.24) is 14.8 Å². The number of aliphatic hydroxyl groups is 1. The molecule has 0 aliphatic carbocycles. The highest BCUT2D eigenvalue weighted by Gasteiger charge is 2.30. The monoisotopic (exact) mass is 295 g/mol. The molecule has 20 heavy (non-hydrogen) atoms. The molecule has 1 saturated heterocycles. The predicted molar refractivity (Wildman–Crippen MR) is 73.2 cm³/mol. The Morgan fingerprint density at radius 2 is 2.35 bits per heavy atom. The van der Waals surface area contributed by atoms with Gasteiger partial charge < -0.3 is 14.4 Å². The van der Waals surface area contributed by atoms with Crippen LogP contribution in [0.5, 0.6) is 0 Å². The van der Waals surface area contributed by atoms with Crippen LogP contribution in [-0.2, 0) is 4.74 Å². The molecule has 3 aliphatic heterocycles. The van der Waals surface area contributed by atoms with Gasteiger partial charge >= 0.3 is 5.97 Å². The maximum Gasteiger partial charge on any atom is 0.341 e. The number of aromatic nitrogens is 3.